The number of aryl methyl sites for hydroxylation is 1. The van der Waals surface area contributed by atoms with Crippen molar-refractivity contribution in [3.63, 3.8) is 0 Å². The van der Waals surface area contributed by atoms with Crippen molar-refractivity contribution >= 4 is 0 Å². The predicted octanol–water partition coefficient (Wildman–Crippen LogP) is 0.282. The van der Waals surface area contributed by atoms with Gasteiger partial charge in [0, 0.05) is 18.8 Å². The molecular weight excluding hydrogens is 324 g/mol. The van der Waals surface area contributed by atoms with E-state index in [1.165, 1.54) is 16.8 Å². The number of aliphatic hydroxyl groups is 2. The fourth-order valence-corrected chi connectivity index (χ4v) is 3.11. The highest BCUT2D eigenvalue weighted by Gasteiger charge is 2.43. The highest BCUT2D eigenvalue weighted by atomic mass is 16.6. The molecule has 1 aromatic carbocycles. The van der Waals surface area contributed by atoms with Crippen LogP contribution < -0.4 is 11.2 Å². The molecule has 7 nitrogen and oxygen atoms in total. The van der Waals surface area contributed by atoms with Gasteiger partial charge in [-0.3, -0.25) is 13.9 Å². The number of hydrogen-bond donors (Lipinski definition) is 2. The molecule has 1 saturated heterocycles. The van der Waals surface area contributed by atoms with Gasteiger partial charge in [0.2, 0.25) is 0 Å². The van der Waals surface area contributed by atoms with Gasteiger partial charge in [0.25, 0.3) is 5.56 Å². The first-order valence-corrected chi connectivity index (χ1v) is 8.40. The average Bonchev–Trinajstić information content (AvgIpc) is 2.91. The molecule has 0 bridgehead atoms. The molecule has 1 unspecified atom stereocenters. The molecule has 0 saturated carbocycles. The fourth-order valence-electron chi connectivity index (χ4n) is 3.11. The molecule has 3 rings (SSSR count). The highest BCUT2D eigenvalue weighted by Crippen LogP contribution is 2.29. The van der Waals surface area contributed by atoms with Gasteiger partial charge in [-0.2, -0.15) is 0 Å². The van der Waals surface area contributed by atoms with Crippen molar-refractivity contribution < 1.29 is 14.9 Å². The lowest BCUT2D eigenvalue weighted by Gasteiger charge is -2.18. The van der Waals surface area contributed by atoms with E-state index in [1.54, 1.807) is 0 Å². The molecule has 1 fully saturated rings. The first kappa shape index (κ1) is 17.6. The van der Waals surface area contributed by atoms with Gasteiger partial charge in [-0.05, 0) is 18.4 Å². The maximum absolute atomic E-state index is 12.7. The number of aromatic nitrogens is 2. The van der Waals surface area contributed by atoms with Gasteiger partial charge >= 0.3 is 5.69 Å². The molecule has 134 valence electrons. The minimum absolute atomic E-state index is 0.227. The van der Waals surface area contributed by atoms with Crippen LogP contribution in [0.2, 0.25) is 0 Å². The van der Waals surface area contributed by atoms with Crippen LogP contribution in [0.3, 0.4) is 0 Å². The summed E-state index contributed by atoms with van der Waals surface area (Å²) in [4.78, 5) is 24.8. The van der Waals surface area contributed by atoms with Gasteiger partial charge in [0.15, 0.2) is 6.23 Å². The summed E-state index contributed by atoms with van der Waals surface area (Å²) in [5.74, 6) is 0. The van der Waals surface area contributed by atoms with Crippen molar-refractivity contribution in [2.45, 2.75) is 50.8 Å². The SMILES string of the molecule is CC[C@H]1O[C@@H](n2ccc(=O)n(CCc3ccccc3)c2=O)[C@@H](O)C1O. The second kappa shape index (κ2) is 7.35. The van der Waals surface area contributed by atoms with E-state index in [0.29, 0.717) is 12.8 Å². The molecular formula is C18H22N2O5. The summed E-state index contributed by atoms with van der Waals surface area (Å²) < 4.78 is 7.90. The van der Waals surface area contributed by atoms with Crippen LogP contribution in [0.25, 0.3) is 0 Å². The van der Waals surface area contributed by atoms with Crippen LogP contribution in [-0.4, -0.2) is 37.7 Å². The molecule has 0 aliphatic carbocycles. The van der Waals surface area contributed by atoms with Crippen LogP contribution in [0.15, 0.2) is 52.2 Å². The Morgan fingerprint density at radius 1 is 1.08 bits per heavy atom. The van der Waals surface area contributed by atoms with Crippen LogP contribution in [-0.2, 0) is 17.7 Å². The van der Waals surface area contributed by atoms with E-state index in [2.05, 4.69) is 0 Å². The normalized spacial score (nSPS) is 26.0. The van der Waals surface area contributed by atoms with Crippen molar-refractivity contribution in [2.75, 3.05) is 0 Å². The Bertz CT molecular complexity index is 829. The first-order chi connectivity index (χ1) is 12.0. The molecule has 25 heavy (non-hydrogen) atoms. The van der Waals surface area contributed by atoms with E-state index in [4.69, 9.17) is 4.74 Å². The third kappa shape index (κ3) is 3.44. The quantitative estimate of drug-likeness (QED) is 0.811. The molecule has 2 aromatic rings. The van der Waals surface area contributed by atoms with Gasteiger partial charge < -0.3 is 14.9 Å². The van der Waals surface area contributed by atoms with Gasteiger partial charge in [-0.1, -0.05) is 37.3 Å². The zero-order valence-electron chi connectivity index (χ0n) is 14.0. The Morgan fingerprint density at radius 3 is 2.44 bits per heavy atom. The predicted molar refractivity (Wildman–Crippen MR) is 91.3 cm³/mol. The fraction of sp³-hybridized carbons (Fsp3) is 0.444. The van der Waals surface area contributed by atoms with Crippen molar-refractivity contribution in [2.24, 2.45) is 0 Å². The van der Waals surface area contributed by atoms with E-state index >= 15 is 0 Å². The number of nitrogens with zero attached hydrogens (tertiary/aromatic N) is 2. The summed E-state index contributed by atoms with van der Waals surface area (Å²) in [5.41, 5.74) is 0.0523. The maximum atomic E-state index is 12.7. The van der Waals surface area contributed by atoms with Crippen molar-refractivity contribution in [1.29, 1.82) is 0 Å². The van der Waals surface area contributed by atoms with Gasteiger partial charge in [-0.25, -0.2) is 4.79 Å². The van der Waals surface area contributed by atoms with Crippen LogP contribution in [0, 0.1) is 0 Å². The number of hydrogen-bond acceptors (Lipinski definition) is 5. The van der Waals surface area contributed by atoms with Crippen LogP contribution in [0.1, 0.15) is 25.1 Å². The van der Waals surface area contributed by atoms with Gasteiger partial charge in [-0.15, -0.1) is 0 Å². The molecule has 0 amide bonds. The zero-order valence-corrected chi connectivity index (χ0v) is 14.0. The van der Waals surface area contributed by atoms with Gasteiger partial charge in [0.1, 0.15) is 12.2 Å². The van der Waals surface area contributed by atoms with Gasteiger partial charge in [0.05, 0.1) is 6.10 Å². The largest absolute Gasteiger partial charge is 0.388 e. The summed E-state index contributed by atoms with van der Waals surface area (Å²) in [5, 5.41) is 20.2. The van der Waals surface area contributed by atoms with E-state index in [-0.39, 0.29) is 6.54 Å². The number of ether oxygens (including phenoxy) is 1. The van der Waals surface area contributed by atoms with E-state index < -0.39 is 35.8 Å². The Kier molecular flexibility index (Phi) is 5.17. The Labute approximate surface area is 144 Å². The second-order valence-corrected chi connectivity index (χ2v) is 6.19. The number of rotatable bonds is 5. The number of benzene rings is 1. The molecule has 0 radical (unpaired) electrons. The molecule has 7 heteroatoms. The Balaban J connectivity index is 1.88. The standard InChI is InChI=1S/C18H22N2O5/c1-2-13-15(22)16(23)17(25-13)20-11-9-14(21)19(18(20)24)10-8-12-6-4-3-5-7-12/h3-7,9,11,13,15-17,22-23H,2,8,10H2,1H3/t13-,15?,16+,17-/m1/s1. The lowest BCUT2D eigenvalue weighted by molar-refractivity contribution is -0.0412. The van der Waals surface area contributed by atoms with E-state index in [9.17, 15) is 19.8 Å². The smallest absolute Gasteiger partial charge is 0.333 e. The first-order valence-electron chi connectivity index (χ1n) is 8.40. The molecule has 2 heterocycles. The van der Waals surface area contributed by atoms with Crippen LogP contribution >= 0.6 is 0 Å². The van der Waals surface area contributed by atoms with E-state index in [1.807, 2.05) is 37.3 Å². The minimum atomic E-state index is -1.22. The van der Waals surface area contributed by atoms with Crippen molar-refractivity contribution in [1.82, 2.24) is 9.13 Å². The average molecular weight is 346 g/mol. The maximum Gasteiger partial charge on any atom is 0.333 e. The topological polar surface area (TPSA) is 93.7 Å². The molecule has 2 N–H and O–H groups in total. The summed E-state index contributed by atoms with van der Waals surface area (Å²) in [6.07, 6.45) is -1.48. The summed E-state index contributed by atoms with van der Waals surface area (Å²) >= 11 is 0. The van der Waals surface area contributed by atoms with Crippen molar-refractivity contribution in [3.05, 3.63) is 69.0 Å². The minimum Gasteiger partial charge on any atom is -0.388 e. The highest BCUT2D eigenvalue weighted by molar-refractivity contribution is 5.14. The Morgan fingerprint density at radius 2 is 1.80 bits per heavy atom. The second-order valence-electron chi connectivity index (χ2n) is 6.19. The van der Waals surface area contributed by atoms with Crippen LogP contribution in [0.4, 0.5) is 0 Å². The van der Waals surface area contributed by atoms with Crippen molar-refractivity contribution in [3.8, 4) is 0 Å². The Hall–Kier alpha value is -2.22. The summed E-state index contributed by atoms with van der Waals surface area (Å²) in [7, 11) is 0. The molecule has 4 atom stereocenters. The van der Waals surface area contributed by atoms with E-state index in [0.717, 1.165) is 10.1 Å². The molecule has 0 spiro atoms. The lowest BCUT2D eigenvalue weighted by atomic mass is 10.1. The zero-order chi connectivity index (χ0) is 18.0. The third-order valence-electron chi connectivity index (χ3n) is 4.58. The third-order valence-corrected chi connectivity index (χ3v) is 4.58. The molecule has 1 aliphatic heterocycles. The lowest BCUT2D eigenvalue weighted by Crippen LogP contribution is -2.43. The van der Waals surface area contributed by atoms with Crippen LogP contribution in [0.5, 0.6) is 0 Å². The monoisotopic (exact) mass is 346 g/mol. The summed E-state index contributed by atoms with van der Waals surface area (Å²) in [6.45, 7) is 2.05. The molecule has 1 aliphatic rings. The number of aliphatic hydroxyl groups excluding tert-OH is 2. The summed E-state index contributed by atoms with van der Waals surface area (Å²) in [6, 6.07) is 10.8. The molecule has 1 aromatic heterocycles.